The van der Waals surface area contributed by atoms with Gasteiger partial charge in [-0.3, -0.25) is 4.98 Å². The number of nitrogens with one attached hydrogen (secondary N) is 1. The number of hydrogen-bond acceptors (Lipinski definition) is 4. The van der Waals surface area contributed by atoms with Crippen LogP contribution in [0.2, 0.25) is 0 Å². The van der Waals surface area contributed by atoms with Gasteiger partial charge in [0.25, 0.3) is 0 Å². The number of benzene rings is 1. The second-order valence-corrected chi connectivity index (χ2v) is 7.33. The normalized spacial score (nSPS) is 16.1. The van der Waals surface area contributed by atoms with Crippen molar-refractivity contribution >= 4 is 0 Å². The summed E-state index contributed by atoms with van der Waals surface area (Å²) in [5.41, 5.74) is 0.809. The molecular formula is C21H18F5N3O2. The zero-order chi connectivity index (χ0) is 22.2. The molecule has 0 unspecified atom stereocenters. The van der Waals surface area contributed by atoms with E-state index in [1.54, 1.807) is 24.4 Å². The lowest BCUT2D eigenvalue weighted by Gasteiger charge is -2.33. The monoisotopic (exact) mass is 439 g/mol. The molecule has 1 aliphatic rings. The van der Waals surface area contributed by atoms with E-state index in [1.807, 2.05) is 0 Å². The maximum absolute atomic E-state index is 13.1. The van der Waals surface area contributed by atoms with E-state index < -0.39 is 17.7 Å². The molecule has 4 rings (SSSR count). The van der Waals surface area contributed by atoms with Crippen molar-refractivity contribution in [3.63, 3.8) is 0 Å². The maximum Gasteiger partial charge on any atom is 0.417 e. The van der Waals surface area contributed by atoms with E-state index in [0.29, 0.717) is 34.3 Å². The Bertz CT molecular complexity index is 1060. The minimum Gasteiger partial charge on any atom is -0.496 e. The molecule has 0 amide bonds. The molecule has 1 aromatic carbocycles. The smallest absolute Gasteiger partial charge is 0.417 e. The van der Waals surface area contributed by atoms with Crippen LogP contribution in [0.5, 0.6) is 11.5 Å². The van der Waals surface area contributed by atoms with Gasteiger partial charge in [-0.2, -0.15) is 13.2 Å². The molecule has 0 saturated heterocycles. The van der Waals surface area contributed by atoms with Crippen molar-refractivity contribution in [3.8, 4) is 22.8 Å². The van der Waals surface area contributed by atoms with E-state index in [1.165, 1.54) is 13.2 Å². The fraction of sp³-hybridized carbons (Fsp3) is 0.333. The molecule has 1 N–H and O–H groups in total. The van der Waals surface area contributed by atoms with E-state index in [4.69, 9.17) is 9.47 Å². The number of halogens is 5. The summed E-state index contributed by atoms with van der Waals surface area (Å²) in [6.45, 7) is -0.0231. The average Bonchev–Trinajstić information content (AvgIpc) is 3.19. The SMILES string of the molecule is COc1cc(OCc2ccc(C(F)(F)F)cn2)ccc1-c1cnc(C2CC(F)(F)C2)[nH]1. The quantitative estimate of drug-likeness (QED) is 0.509. The summed E-state index contributed by atoms with van der Waals surface area (Å²) >= 11 is 0. The summed E-state index contributed by atoms with van der Waals surface area (Å²) in [6.07, 6.45) is -2.56. The van der Waals surface area contributed by atoms with Gasteiger partial charge in [0, 0.05) is 36.6 Å². The third-order valence-corrected chi connectivity index (χ3v) is 5.07. The molecule has 31 heavy (non-hydrogen) atoms. The topological polar surface area (TPSA) is 60.0 Å². The molecule has 0 aliphatic heterocycles. The number of ether oxygens (including phenoxy) is 2. The molecule has 1 aliphatic carbocycles. The van der Waals surface area contributed by atoms with Gasteiger partial charge in [-0.25, -0.2) is 13.8 Å². The molecule has 0 atom stereocenters. The standard InChI is InChI=1S/C21H18F5N3O2/c1-30-18-6-15(31-11-14-3-2-13(9-27-14)21(24,25)26)4-5-16(18)17-10-28-19(29-17)12-7-20(22,23)8-12/h2-6,9-10,12H,7-8,11H2,1H3,(H,28,29). The molecule has 0 spiro atoms. The first-order valence-electron chi connectivity index (χ1n) is 9.41. The molecule has 0 bridgehead atoms. The number of imidazole rings is 1. The van der Waals surface area contributed by atoms with Crippen LogP contribution in [0.1, 0.15) is 35.8 Å². The van der Waals surface area contributed by atoms with Gasteiger partial charge in [0.2, 0.25) is 5.92 Å². The van der Waals surface area contributed by atoms with E-state index in [0.717, 1.165) is 12.3 Å². The second-order valence-electron chi connectivity index (χ2n) is 7.33. The summed E-state index contributed by atoms with van der Waals surface area (Å²) in [5, 5.41) is 0. The van der Waals surface area contributed by atoms with Crippen molar-refractivity contribution in [3.05, 3.63) is 59.8 Å². The molecule has 2 heterocycles. The van der Waals surface area contributed by atoms with Crippen LogP contribution in [0.4, 0.5) is 22.0 Å². The van der Waals surface area contributed by atoms with E-state index in [9.17, 15) is 22.0 Å². The number of aromatic amines is 1. The van der Waals surface area contributed by atoms with Crippen LogP contribution in [0, 0.1) is 0 Å². The van der Waals surface area contributed by atoms with Crippen LogP contribution in [-0.2, 0) is 12.8 Å². The fourth-order valence-electron chi connectivity index (χ4n) is 3.35. The van der Waals surface area contributed by atoms with Crippen molar-refractivity contribution in [2.45, 2.75) is 37.5 Å². The van der Waals surface area contributed by atoms with Crippen molar-refractivity contribution in [2.75, 3.05) is 7.11 Å². The Morgan fingerprint density at radius 1 is 1.10 bits per heavy atom. The fourth-order valence-corrected chi connectivity index (χ4v) is 3.35. The van der Waals surface area contributed by atoms with Crippen molar-refractivity contribution in [1.29, 1.82) is 0 Å². The van der Waals surface area contributed by atoms with Gasteiger partial charge in [0.05, 0.1) is 30.3 Å². The number of methoxy groups -OCH3 is 1. The molecular weight excluding hydrogens is 421 g/mol. The highest BCUT2D eigenvalue weighted by molar-refractivity contribution is 5.68. The first kappa shape index (κ1) is 21.1. The summed E-state index contributed by atoms with van der Waals surface area (Å²) in [6, 6.07) is 7.21. The molecule has 1 saturated carbocycles. The lowest BCUT2D eigenvalue weighted by atomic mass is 9.81. The van der Waals surface area contributed by atoms with Crippen LogP contribution in [0.25, 0.3) is 11.3 Å². The third kappa shape index (κ3) is 4.62. The van der Waals surface area contributed by atoms with E-state index in [-0.39, 0.29) is 25.4 Å². The third-order valence-electron chi connectivity index (χ3n) is 5.07. The Morgan fingerprint density at radius 3 is 2.48 bits per heavy atom. The molecule has 5 nitrogen and oxygen atoms in total. The first-order chi connectivity index (χ1) is 14.6. The molecule has 1 fully saturated rings. The molecule has 3 aromatic rings. The van der Waals surface area contributed by atoms with Gasteiger partial charge in [-0.1, -0.05) is 0 Å². The Labute approximate surface area is 174 Å². The number of pyridine rings is 1. The summed E-state index contributed by atoms with van der Waals surface area (Å²) in [4.78, 5) is 11.1. The largest absolute Gasteiger partial charge is 0.496 e. The molecule has 164 valence electrons. The van der Waals surface area contributed by atoms with Crippen molar-refractivity contribution in [2.24, 2.45) is 0 Å². The number of rotatable bonds is 6. The highest BCUT2D eigenvalue weighted by Gasteiger charge is 2.47. The van der Waals surface area contributed by atoms with Gasteiger partial charge in [-0.05, 0) is 24.3 Å². The van der Waals surface area contributed by atoms with Gasteiger partial charge in [0.1, 0.15) is 23.9 Å². The lowest BCUT2D eigenvalue weighted by molar-refractivity contribution is -0.137. The molecule has 10 heteroatoms. The highest BCUT2D eigenvalue weighted by atomic mass is 19.4. The van der Waals surface area contributed by atoms with Crippen LogP contribution in [0.3, 0.4) is 0 Å². The summed E-state index contributed by atoms with van der Waals surface area (Å²) < 4.78 is 75.0. The Morgan fingerprint density at radius 2 is 1.87 bits per heavy atom. The van der Waals surface area contributed by atoms with Gasteiger partial charge in [-0.15, -0.1) is 0 Å². The number of alkyl halides is 5. The van der Waals surface area contributed by atoms with E-state index in [2.05, 4.69) is 15.0 Å². The second kappa shape index (κ2) is 7.82. The number of nitrogens with zero attached hydrogens (tertiary/aromatic N) is 2. The zero-order valence-electron chi connectivity index (χ0n) is 16.3. The summed E-state index contributed by atoms with van der Waals surface area (Å²) in [7, 11) is 1.48. The van der Waals surface area contributed by atoms with Gasteiger partial charge >= 0.3 is 6.18 Å². The lowest BCUT2D eigenvalue weighted by Crippen LogP contribution is -2.34. The van der Waals surface area contributed by atoms with Gasteiger partial charge in [0.15, 0.2) is 0 Å². The maximum atomic E-state index is 13.1. The van der Waals surface area contributed by atoms with Gasteiger partial charge < -0.3 is 14.5 Å². The van der Waals surface area contributed by atoms with Crippen molar-refractivity contribution < 1.29 is 31.4 Å². The highest BCUT2D eigenvalue weighted by Crippen LogP contribution is 2.47. The molecule has 2 aromatic heterocycles. The minimum absolute atomic E-state index is 0.0231. The average molecular weight is 439 g/mol. The number of hydrogen-bond donors (Lipinski definition) is 1. The number of aromatic nitrogens is 3. The Balaban J connectivity index is 1.44. The molecule has 0 radical (unpaired) electrons. The minimum atomic E-state index is -4.44. The van der Waals surface area contributed by atoms with Crippen LogP contribution < -0.4 is 9.47 Å². The summed E-state index contributed by atoms with van der Waals surface area (Å²) in [5.74, 6) is -1.52. The van der Waals surface area contributed by atoms with Crippen LogP contribution in [-0.4, -0.2) is 28.0 Å². The van der Waals surface area contributed by atoms with Crippen LogP contribution in [0.15, 0.2) is 42.7 Å². The number of H-pyrrole nitrogens is 1. The van der Waals surface area contributed by atoms with Crippen molar-refractivity contribution in [1.82, 2.24) is 15.0 Å². The Hall–Kier alpha value is -3.17. The Kier molecular flexibility index (Phi) is 5.32. The first-order valence-corrected chi connectivity index (χ1v) is 9.41. The zero-order valence-corrected chi connectivity index (χ0v) is 16.3. The van der Waals surface area contributed by atoms with Crippen LogP contribution >= 0.6 is 0 Å². The predicted octanol–water partition coefficient (Wildman–Crippen LogP) is 5.59. The van der Waals surface area contributed by atoms with E-state index >= 15 is 0 Å². The predicted molar refractivity (Wildman–Crippen MR) is 101 cm³/mol.